The maximum atomic E-state index is 11.5. The molecule has 0 bridgehead atoms. The van der Waals surface area contributed by atoms with Crippen molar-refractivity contribution in [3.05, 3.63) is 29.8 Å². The van der Waals surface area contributed by atoms with Crippen LogP contribution in [0.25, 0.3) is 5.57 Å². The van der Waals surface area contributed by atoms with E-state index in [1.54, 1.807) is 20.1 Å². The van der Waals surface area contributed by atoms with Crippen LogP contribution in [0.1, 0.15) is 58.4 Å². The summed E-state index contributed by atoms with van der Waals surface area (Å²) in [4.78, 5) is 14.0. The zero-order valence-electron chi connectivity index (χ0n) is 16.8. The van der Waals surface area contributed by atoms with Crippen molar-refractivity contribution in [3.8, 4) is 0 Å². The van der Waals surface area contributed by atoms with Gasteiger partial charge in [-0.2, -0.15) is 0 Å². The van der Waals surface area contributed by atoms with Gasteiger partial charge < -0.3 is 15.4 Å². The number of hydrogen-bond acceptors (Lipinski definition) is 4. The molecule has 0 amide bonds. The molecule has 144 valence electrons. The van der Waals surface area contributed by atoms with Crippen molar-refractivity contribution in [1.29, 1.82) is 0 Å². The molecule has 0 radical (unpaired) electrons. The van der Waals surface area contributed by atoms with Crippen LogP contribution in [0.15, 0.2) is 24.3 Å². The van der Waals surface area contributed by atoms with Gasteiger partial charge in [0.25, 0.3) is 0 Å². The number of carbonyl (C=O) groups is 1. The SMILES string of the molecule is COC/C(=C/C(C)=O)c1ccc(N(CC(C)C)C2CCCCC2)c(N)c1. The fourth-order valence-corrected chi connectivity index (χ4v) is 3.86. The summed E-state index contributed by atoms with van der Waals surface area (Å²) in [6.07, 6.45) is 8.06. The molecule has 1 aliphatic rings. The molecule has 0 atom stereocenters. The summed E-state index contributed by atoms with van der Waals surface area (Å²) in [5.74, 6) is 0.598. The summed E-state index contributed by atoms with van der Waals surface area (Å²) in [7, 11) is 1.64. The lowest BCUT2D eigenvalue weighted by molar-refractivity contribution is -0.112. The first kappa shape index (κ1) is 20.5. The van der Waals surface area contributed by atoms with Gasteiger partial charge in [0.1, 0.15) is 0 Å². The average Bonchev–Trinajstić information content (AvgIpc) is 2.60. The van der Waals surface area contributed by atoms with E-state index < -0.39 is 0 Å². The van der Waals surface area contributed by atoms with Gasteiger partial charge in [0.15, 0.2) is 5.78 Å². The number of methoxy groups -OCH3 is 1. The van der Waals surface area contributed by atoms with Gasteiger partial charge in [-0.3, -0.25) is 4.79 Å². The third-order valence-corrected chi connectivity index (χ3v) is 4.96. The number of nitrogens with zero attached hydrogens (tertiary/aromatic N) is 1. The molecule has 0 aromatic heterocycles. The first-order chi connectivity index (χ1) is 12.4. The molecule has 2 rings (SSSR count). The number of nitrogen functional groups attached to an aromatic ring is 1. The van der Waals surface area contributed by atoms with E-state index in [0.717, 1.165) is 29.1 Å². The Balaban J connectivity index is 2.33. The summed E-state index contributed by atoms with van der Waals surface area (Å²) in [6, 6.07) is 6.74. The number of rotatable bonds is 8. The number of carbonyl (C=O) groups excluding carboxylic acids is 1. The molecular weight excluding hydrogens is 324 g/mol. The van der Waals surface area contributed by atoms with Crippen LogP contribution in [0.5, 0.6) is 0 Å². The molecule has 2 N–H and O–H groups in total. The minimum absolute atomic E-state index is 0.0170. The minimum Gasteiger partial charge on any atom is -0.397 e. The topological polar surface area (TPSA) is 55.6 Å². The van der Waals surface area contributed by atoms with E-state index in [2.05, 4.69) is 30.9 Å². The van der Waals surface area contributed by atoms with E-state index in [4.69, 9.17) is 10.5 Å². The predicted octanol–water partition coefficient (Wildman–Crippen LogP) is 4.68. The molecule has 0 spiro atoms. The molecule has 1 aromatic carbocycles. The van der Waals surface area contributed by atoms with Crippen LogP contribution in [0.2, 0.25) is 0 Å². The van der Waals surface area contributed by atoms with E-state index in [9.17, 15) is 4.79 Å². The first-order valence-electron chi connectivity index (χ1n) is 9.79. The second kappa shape index (κ2) is 9.77. The number of nitrogens with two attached hydrogens (primary N) is 1. The Bertz CT molecular complexity index is 631. The van der Waals surface area contributed by atoms with Crippen LogP contribution in [0.4, 0.5) is 11.4 Å². The molecule has 1 fully saturated rings. The minimum atomic E-state index is 0.0170. The van der Waals surface area contributed by atoms with Crippen LogP contribution in [-0.2, 0) is 9.53 Å². The van der Waals surface area contributed by atoms with Gasteiger partial charge in [-0.25, -0.2) is 0 Å². The summed E-state index contributed by atoms with van der Waals surface area (Å²) < 4.78 is 5.25. The van der Waals surface area contributed by atoms with Gasteiger partial charge in [0.2, 0.25) is 0 Å². The molecule has 0 unspecified atom stereocenters. The van der Waals surface area contributed by atoms with E-state index in [-0.39, 0.29) is 5.78 Å². The number of allylic oxidation sites excluding steroid dienone is 1. The molecule has 0 heterocycles. The smallest absolute Gasteiger partial charge is 0.152 e. The number of ether oxygens (including phenoxy) is 1. The van der Waals surface area contributed by atoms with Crippen molar-refractivity contribution in [1.82, 2.24) is 0 Å². The van der Waals surface area contributed by atoms with Crippen molar-refractivity contribution in [2.75, 3.05) is 30.9 Å². The lowest BCUT2D eigenvalue weighted by Gasteiger charge is -2.38. The Labute approximate surface area is 158 Å². The highest BCUT2D eigenvalue weighted by atomic mass is 16.5. The maximum absolute atomic E-state index is 11.5. The summed E-state index contributed by atoms with van der Waals surface area (Å²) >= 11 is 0. The highest BCUT2D eigenvalue weighted by Gasteiger charge is 2.23. The van der Waals surface area contributed by atoms with E-state index in [0.29, 0.717) is 18.6 Å². The van der Waals surface area contributed by atoms with Gasteiger partial charge in [-0.05, 0) is 55.0 Å². The fraction of sp³-hybridized carbons (Fsp3) is 0.591. The molecule has 4 heteroatoms. The van der Waals surface area contributed by atoms with Crippen molar-refractivity contribution in [2.24, 2.45) is 5.92 Å². The third kappa shape index (κ3) is 5.60. The van der Waals surface area contributed by atoms with Gasteiger partial charge >= 0.3 is 0 Å². The van der Waals surface area contributed by atoms with Gasteiger partial charge in [-0.1, -0.05) is 39.2 Å². The van der Waals surface area contributed by atoms with Crippen molar-refractivity contribution >= 4 is 22.7 Å². The normalized spacial score (nSPS) is 16.1. The largest absolute Gasteiger partial charge is 0.397 e. The standard InChI is InChI=1S/C22H34N2O2/c1-16(2)14-24(20-8-6-5-7-9-20)22-11-10-18(13-21(22)23)19(15-26-4)12-17(3)25/h10-13,16,20H,5-9,14-15,23H2,1-4H3/b19-12-. The van der Waals surface area contributed by atoms with Crippen LogP contribution in [0, 0.1) is 5.92 Å². The van der Waals surface area contributed by atoms with Crippen LogP contribution >= 0.6 is 0 Å². The van der Waals surface area contributed by atoms with Crippen molar-refractivity contribution < 1.29 is 9.53 Å². The Morgan fingerprint density at radius 1 is 1.31 bits per heavy atom. The molecule has 0 saturated heterocycles. The maximum Gasteiger partial charge on any atom is 0.152 e. The van der Waals surface area contributed by atoms with Crippen molar-refractivity contribution in [3.63, 3.8) is 0 Å². The molecule has 0 aliphatic heterocycles. The van der Waals surface area contributed by atoms with E-state index in [1.165, 1.54) is 32.1 Å². The summed E-state index contributed by atoms with van der Waals surface area (Å²) in [5, 5.41) is 0. The van der Waals surface area contributed by atoms with Gasteiger partial charge in [-0.15, -0.1) is 0 Å². The highest BCUT2D eigenvalue weighted by molar-refractivity contribution is 5.95. The highest BCUT2D eigenvalue weighted by Crippen LogP contribution is 2.33. The zero-order chi connectivity index (χ0) is 19.1. The third-order valence-electron chi connectivity index (χ3n) is 4.96. The summed E-state index contributed by atoms with van der Waals surface area (Å²) in [5.41, 5.74) is 10.2. The number of ketones is 1. The van der Waals surface area contributed by atoms with E-state index in [1.807, 2.05) is 6.07 Å². The Morgan fingerprint density at radius 2 is 2.00 bits per heavy atom. The van der Waals surface area contributed by atoms with Crippen LogP contribution in [-0.4, -0.2) is 32.1 Å². The predicted molar refractivity (Wildman–Crippen MR) is 110 cm³/mol. The molecule has 1 aliphatic carbocycles. The van der Waals surface area contributed by atoms with Gasteiger partial charge in [0, 0.05) is 19.7 Å². The number of hydrogen-bond donors (Lipinski definition) is 1. The second-order valence-corrected chi connectivity index (χ2v) is 7.82. The zero-order valence-corrected chi connectivity index (χ0v) is 16.8. The van der Waals surface area contributed by atoms with Crippen molar-refractivity contribution in [2.45, 2.75) is 58.9 Å². The Morgan fingerprint density at radius 3 is 2.54 bits per heavy atom. The Hall–Kier alpha value is -1.81. The average molecular weight is 359 g/mol. The number of benzene rings is 1. The molecule has 4 nitrogen and oxygen atoms in total. The van der Waals surface area contributed by atoms with Crippen LogP contribution in [0.3, 0.4) is 0 Å². The number of anilines is 2. The summed E-state index contributed by atoms with van der Waals surface area (Å²) in [6.45, 7) is 7.49. The molecular formula is C22H34N2O2. The monoisotopic (exact) mass is 358 g/mol. The molecule has 1 saturated carbocycles. The molecule has 1 aromatic rings. The lowest BCUT2D eigenvalue weighted by atomic mass is 9.92. The molecule has 26 heavy (non-hydrogen) atoms. The Kier molecular flexibility index (Phi) is 7.70. The lowest BCUT2D eigenvalue weighted by Crippen LogP contribution is -2.39. The van der Waals surface area contributed by atoms with Crippen LogP contribution < -0.4 is 10.6 Å². The second-order valence-electron chi connectivity index (χ2n) is 7.82. The fourth-order valence-electron chi connectivity index (χ4n) is 3.86. The van der Waals surface area contributed by atoms with E-state index >= 15 is 0 Å². The quantitative estimate of drug-likeness (QED) is 0.541. The first-order valence-corrected chi connectivity index (χ1v) is 9.79. The van der Waals surface area contributed by atoms with Gasteiger partial charge in [0.05, 0.1) is 18.0 Å².